The smallest absolute Gasteiger partial charge is 0.339 e. The second-order valence-electron chi connectivity index (χ2n) is 5.29. The molecule has 0 spiro atoms. The highest BCUT2D eigenvalue weighted by molar-refractivity contribution is 5.92. The number of carbonyl (C=O) groups excluding carboxylic acids is 2. The molecule has 1 aliphatic rings. The Morgan fingerprint density at radius 3 is 2.45 bits per heavy atom. The van der Waals surface area contributed by atoms with Crippen molar-refractivity contribution in [3.05, 3.63) is 29.8 Å². The van der Waals surface area contributed by atoms with Gasteiger partial charge >= 0.3 is 6.18 Å². The van der Waals surface area contributed by atoms with E-state index in [0.717, 1.165) is 18.9 Å². The third kappa shape index (κ3) is 4.22. The van der Waals surface area contributed by atoms with E-state index < -0.39 is 17.6 Å². The fourth-order valence-electron chi connectivity index (χ4n) is 2.26. The number of benzene rings is 1. The van der Waals surface area contributed by atoms with E-state index in [-0.39, 0.29) is 30.6 Å². The molecule has 0 unspecified atom stereocenters. The number of hydrogen-bond donors (Lipinski definition) is 1. The summed E-state index contributed by atoms with van der Waals surface area (Å²) in [5.41, 5.74) is -1.14. The Morgan fingerprint density at radius 1 is 1.27 bits per heavy atom. The van der Waals surface area contributed by atoms with E-state index in [4.69, 9.17) is 0 Å². The highest BCUT2D eigenvalue weighted by Crippen LogP contribution is 2.34. The fraction of sp³-hybridized carbons (Fsp3) is 0.467. The Morgan fingerprint density at radius 2 is 1.91 bits per heavy atom. The summed E-state index contributed by atoms with van der Waals surface area (Å²) in [7, 11) is 0. The van der Waals surface area contributed by atoms with Crippen molar-refractivity contribution in [1.82, 2.24) is 4.90 Å². The van der Waals surface area contributed by atoms with Crippen molar-refractivity contribution in [3.63, 3.8) is 0 Å². The van der Waals surface area contributed by atoms with Gasteiger partial charge < -0.3 is 10.2 Å². The van der Waals surface area contributed by atoms with Crippen LogP contribution in [0.25, 0.3) is 0 Å². The lowest BCUT2D eigenvalue weighted by molar-refractivity contribution is -0.137. The lowest BCUT2D eigenvalue weighted by Crippen LogP contribution is -2.34. The van der Waals surface area contributed by atoms with E-state index in [9.17, 15) is 22.8 Å². The Kier molecular flexibility index (Phi) is 4.73. The van der Waals surface area contributed by atoms with Crippen LogP contribution in [-0.4, -0.2) is 29.3 Å². The van der Waals surface area contributed by atoms with Gasteiger partial charge in [-0.3, -0.25) is 9.59 Å². The van der Waals surface area contributed by atoms with Crippen molar-refractivity contribution >= 4 is 17.5 Å². The molecule has 1 aromatic rings. The van der Waals surface area contributed by atoms with Crippen LogP contribution in [-0.2, 0) is 15.8 Å². The number of para-hydroxylation sites is 1. The molecular formula is C15H17F3N2O2. The standard InChI is InChI=1S/C15H17F3N2O2/c1-10(21)20(11-6-7-11)9-8-14(22)19-13-5-3-2-4-12(13)15(16,17)18/h2-5,11H,6-9H2,1H3,(H,19,22). The van der Waals surface area contributed by atoms with Crippen LogP contribution in [0.2, 0.25) is 0 Å². The van der Waals surface area contributed by atoms with Crippen molar-refractivity contribution < 1.29 is 22.8 Å². The predicted molar refractivity (Wildman–Crippen MR) is 75.1 cm³/mol. The summed E-state index contributed by atoms with van der Waals surface area (Å²) in [4.78, 5) is 24.9. The minimum absolute atomic E-state index is 0.0255. The van der Waals surface area contributed by atoms with Gasteiger partial charge in [0.1, 0.15) is 0 Å². The normalized spacial score (nSPS) is 14.5. The number of nitrogens with one attached hydrogen (secondary N) is 1. The second-order valence-corrected chi connectivity index (χ2v) is 5.29. The van der Waals surface area contributed by atoms with Crippen molar-refractivity contribution in [2.45, 2.75) is 38.4 Å². The summed E-state index contributed by atoms with van der Waals surface area (Å²) in [5, 5.41) is 2.27. The summed E-state index contributed by atoms with van der Waals surface area (Å²) in [6.45, 7) is 1.65. The topological polar surface area (TPSA) is 49.4 Å². The number of amides is 2. The predicted octanol–water partition coefficient (Wildman–Crippen LogP) is 3.04. The maximum absolute atomic E-state index is 12.8. The summed E-state index contributed by atoms with van der Waals surface area (Å²) >= 11 is 0. The van der Waals surface area contributed by atoms with Crippen LogP contribution < -0.4 is 5.32 Å². The maximum atomic E-state index is 12.8. The molecule has 1 N–H and O–H groups in total. The molecule has 1 aromatic carbocycles. The van der Waals surface area contributed by atoms with Gasteiger partial charge in [-0.1, -0.05) is 12.1 Å². The number of nitrogens with zero attached hydrogens (tertiary/aromatic N) is 1. The van der Waals surface area contributed by atoms with Gasteiger partial charge in [-0.15, -0.1) is 0 Å². The number of anilines is 1. The van der Waals surface area contributed by atoms with E-state index in [0.29, 0.717) is 0 Å². The van der Waals surface area contributed by atoms with Crippen LogP contribution in [0.3, 0.4) is 0 Å². The van der Waals surface area contributed by atoms with Gasteiger partial charge in [0.25, 0.3) is 0 Å². The Labute approximate surface area is 126 Å². The summed E-state index contributed by atoms with van der Waals surface area (Å²) in [5.74, 6) is -0.658. The third-order valence-electron chi connectivity index (χ3n) is 3.48. The zero-order valence-electron chi connectivity index (χ0n) is 12.1. The first-order valence-electron chi connectivity index (χ1n) is 7.02. The highest BCUT2D eigenvalue weighted by atomic mass is 19.4. The third-order valence-corrected chi connectivity index (χ3v) is 3.48. The van der Waals surface area contributed by atoms with Crippen LogP contribution in [0.5, 0.6) is 0 Å². The monoisotopic (exact) mass is 314 g/mol. The van der Waals surface area contributed by atoms with Crippen LogP contribution in [0.15, 0.2) is 24.3 Å². The molecule has 0 radical (unpaired) electrons. The van der Waals surface area contributed by atoms with Gasteiger partial charge in [0, 0.05) is 25.9 Å². The van der Waals surface area contributed by atoms with Gasteiger partial charge in [-0.2, -0.15) is 13.2 Å². The molecule has 0 atom stereocenters. The quantitative estimate of drug-likeness (QED) is 0.908. The lowest BCUT2D eigenvalue weighted by atomic mass is 10.1. The highest BCUT2D eigenvalue weighted by Gasteiger charge is 2.34. The summed E-state index contributed by atoms with van der Waals surface area (Å²) in [6, 6.07) is 5.00. The Balaban J connectivity index is 1.96. The fourth-order valence-corrected chi connectivity index (χ4v) is 2.26. The van der Waals surface area contributed by atoms with Crippen LogP contribution in [0, 0.1) is 0 Å². The zero-order chi connectivity index (χ0) is 16.3. The molecule has 0 heterocycles. The van der Waals surface area contributed by atoms with E-state index in [1.165, 1.54) is 25.1 Å². The number of halogens is 3. The number of hydrogen-bond acceptors (Lipinski definition) is 2. The van der Waals surface area contributed by atoms with Crippen LogP contribution in [0.1, 0.15) is 31.7 Å². The summed E-state index contributed by atoms with van der Waals surface area (Å²) in [6.07, 6.45) is -2.72. The average Bonchev–Trinajstić information content (AvgIpc) is 3.22. The zero-order valence-corrected chi connectivity index (χ0v) is 12.1. The van der Waals surface area contributed by atoms with Crippen molar-refractivity contribution in [1.29, 1.82) is 0 Å². The second kappa shape index (κ2) is 6.37. The average molecular weight is 314 g/mol. The molecule has 0 bridgehead atoms. The van der Waals surface area contributed by atoms with Gasteiger partial charge in [-0.25, -0.2) is 0 Å². The Hall–Kier alpha value is -2.05. The minimum atomic E-state index is -4.52. The lowest BCUT2D eigenvalue weighted by Gasteiger charge is -2.20. The number of alkyl halides is 3. The maximum Gasteiger partial charge on any atom is 0.418 e. The van der Waals surface area contributed by atoms with Crippen molar-refractivity contribution in [2.24, 2.45) is 0 Å². The van der Waals surface area contributed by atoms with Crippen LogP contribution >= 0.6 is 0 Å². The van der Waals surface area contributed by atoms with Gasteiger partial charge in [0.05, 0.1) is 11.3 Å². The summed E-state index contributed by atoms with van der Waals surface area (Å²) < 4.78 is 38.5. The largest absolute Gasteiger partial charge is 0.418 e. The van der Waals surface area contributed by atoms with E-state index in [1.807, 2.05) is 0 Å². The molecule has 0 aromatic heterocycles. The van der Waals surface area contributed by atoms with Gasteiger partial charge in [-0.05, 0) is 25.0 Å². The van der Waals surface area contributed by atoms with E-state index in [2.05, 4.69) is 5.32 Å². The van der Waals surface area contributed by atoms with Crippen LogP contribution in [0.4, 0.5) is 18.9 Å². The first-order chi connectivity index (χ1) is 10.3. The molecule has 120 valence electrons. The number of carbonyl (C=O) groups is 2. The Bertz CT molecular complexity index is 568. The molecule has 1 fully saturated rings. The molecule has 22 heavy (non-hydrogen) atoms. The number of rotatable bonds is 5. The van der Waals surface area contributed by atoms with Crippen molar-refractivity contribution in [3.8, 4) is 0 Å². The molecular weight excluding hydrogens is 297 g/mol. The first-order valence-corrected chi connectivity index (χ1v) is 7.02. The van der Waals surface area contributed by atoms with Gasteiger partial charge in [0.15, 0.2) is 0 Å². The molecule has 2 amide bonds. The SMILES string of the molecule is CC(=O)N(CCC(=O)Nc1ccccc1C(F)(F)F)C1CC1. The van der Waals surface area contributed by atoms with Crippen molar-refractivity contribution in [2.75, 3.05) is 11.9 Å². The van der Waals surface area contributed by atoms with Gasteiger partial charge in [0.2, 0.25) is 11.8 Å². The molecule has 7 heteroatoms. The van der Waals surface area contributed by atoms with E-state index >= 15 is 0 Å². The minimum Gasteiger partial charge on any atom is -0.339 e. The molecule has 1 saturated carbocycles. The molecule has 0 aliphatic heterocycles. The first kappa shape index (κ1) is 16.3. The molecule has 1 aliphatic carbocycles. The molecule has 0 saturated heterocycles. The van der Waals surface area contributed by atoms with E-state index in [1.54, 1.807) is 4.90 Å². The molecule has 2 rings (SSSR count). The molecule has 4 nitrogen and oxygen atoms in total.